The molecule has 1 unspecified atom stereocenters. The Morgan fingerprint density at radius 1 is 1.31 bits per heavy atom. The summed E-state index contributed by atoms with van der Waals surface area (Å²) in [5.41, 5.74) is 5.88. The maximum atomic E-state index is 5.88. The SMILES string of the molecule is CCc1ccc(C(CN)N2CCCCC2)o1. The molecule has 1 aliphatic rings. The normalized spacial score (nSPS) is 19.9. The van der Waals surface area contributed by atoms with Gasteiger partial charge in [0.2, 0.25) is 0 Å². The van der Waals surface area contributed by atoms with Gasteiger partial charge in [0.05, 0.1) is 6.04 Å². The van der Waals surface area contributed by atoms with Crippen molar-refractivity contribution in [2.24, 2.45) is 5.73 Å². The highest BCUT2D eigenvalue weighted by Crippen LogP contribution is 2.25. The topological polar surface area (TPSA) is 42.4 Å². The molecule has 0 aromatic carbocycles. The lowest BCUT2D eigenvalue weighted by Crippen LogP contribution is -2.37. The van der Waals surface area contributed by atoms with E-state index >= 15 is 0 Å². The van der Waals surface area contributed by atoms with Gasteiger partial charge < -0.3 is 10.2 Å². The second-order valence-corrected chi connectivity index (χ2v) is 4.51. The number of likely N-dealkylation sites (tertiary alicyclic amines) is 1. The first-order valence-electron chi connectivity index (χ1n) is 6.38. The largest absolute Gasteiger partial charge is 0.464 e. The van der Waals surface area contributed by atoms with Gasteiger partial charge in [0.15, 0.2) is 0 Å². The first-order chi connectivity index (χ1) is 7.85. The number of hydrogen-bond acceptors (Lipinski definition) is 3. The van der Waals surface area contributed by atoms with E-state index in [1.807, 2.05) is 0 Å². The Hall–Kier alpha value is -0.800. The average molecular weight is 222 g/mol. The number of hydrogen-bond donors (Lipinski definition) is 1. The zero-order valence-corrected chi connectivity index (χ0v) is 10.1. The van der Waals surface area contributed by atoms with Crippen LogP contribution in [-0.4, -0.2) is 24.5 Å². The Balaban J connectivity index is 2.08. The lowest BCUT2D eigenvalue weighted by Gasteiger charge is -2.32. The molecule has 0 aliphatic carbocycles. The number of nitrogens with zero attached hydrogens (tertiary/aromatic N) is 1. The molecule has 90 valence electrons. The van der Waals surface area contributed by atoms with Gasteiger partial charge in [0, 0.05) is 13.0 Å². The second-order valence-electron chi connectivity index (χ2n) is 4.51. The van der Waals surface area contributed by atoms with Gasteiger partial charge in [0.25, 0.3) is 0 Å². The van der Waals surface area contributed by atoms with Crippen molar-refractivity contribution in [3.8, 4) is 0 Å². The summed E-state index contributed by atoms with van der Waals surface area (Å²) in [6, 6.07) is 4.44. The lowest BCUT2D eigenvalue weighted by molar-refractivity contribution is 0.148. The Labute approximate surface area is 97.6 Å². The summed E-state index contributed by atoms with van der Waals surface area (Å²) in [7, 11) is 0. The summed E-state index contributed by atoms with van der Waals surface area (Å²) in [5, 5.41) is 0. The first kappa shape index (κ1) is 11.7. The summed E-state index contributed by atoms with van der Waals surface area (Å²) >= 11 is 0. The van der Waals surface area contributed by atoms with E-state index in [-0.39, 0.29) is 6.04 Å². The highest BCUT2D eigenvalue weighted by atomic mass is 16.3. The number of rotatable bonds is 4. The van der Waals surface area contributed by atoms with E-state index in [0.717, 1.165) is 31.0 Å². The molecule has 0 spiro atoms. The van der Waals surface area contributed by atoms with Gasteiger partial charge in [-0.15, -0.1) is 0 Å². The highest BCUT2D eigenvalue weighted by Gasteiger charge is 2.23. The van der Waals surface area contributed by atoms with Crippen LogP contribution in [0.3, 0.4) is 0 Å². The Morgan fingerprint density at radius 3 is 2.62 bits per heavy atom. The molecule has 2 N–H and O–H groups in total. The van der Waals surface area contributed by atoms with Crippen molar-refractivity contribution >= 4 is 0 Å². The minimum atomic E-state index is 0.278. The van der Waals surface area contributed by atoms with Gasteiger partial charge in [-0.3, -0.25) is 4.90 Å². The Morgan fingerprint density at radius 2 is 2.06 bits per heavy atom. The molecular weight excluding hydrogens is 200 g/mol. The van der Waals surface area contributed by atoms with Crippen molar-refractivity contribution in [1.29, 1.82) is 0 Å². The average Bonchev–Trinajstić information content (AvgIpc) is 2.80. The number of nitrogens with two attached hydrogens (primary N) is 1. The zero-order chi connectivity index (χ0) is 11.4. The van der Waals surface area contributed by atoms with Gasteiger partial charge in [-0.25, -0.2) is 0 Å². The smallest absolute Gasteiger partial charge is 0.122 e. The minimum Gasteiger partial charge on any atom is -0.464 e. The van der Waals surface area contributed by atoms with Crippen molar-refractivity contribution in [2.45, 2.75) is 38.6 Å². The fourth-order valence-electron chi connectivity index (χ4n) is 2.44. The van der Waals surface area contributed by atoms with E-state index in [1.165, 1.54) is 19.3 Å². The van der Waals surface area contributed by atoms with E-state index in [0.29, 0.717) is 6.54 Å². The summed E-state index contributed by atoms with van der Waals surface area (Å²) in [4.78, 5) is 2.46. The van der Waals surface area contributed by atoms with Crippen LogP contribution < -0.4 is 5.73 Å². The van der Waals surface area contributed by atoms with Crippen LogP contribution in [0, 0.1) is 0 Å². The molecule has 1 saturated heterocycles. The van der Waals surface area contributed by atoms with Crippen LogP contribution in [0.25, 0.3) is 0 Å². The molecule has 3 heteroatoms. The summed E-state index contributed by atoms with van der Waals surface area (Å²) < 4.78 is 5.82. The van der Waals surface area contributed by atoms with Crippen LogP contribution in [0.2, 0.25) is 0 Å². The van der Waals surface area contributed by atoms with Gasteiger partial charge in [0.1, 0.15) is 11.5 Å². The van der Waals surface area contributed by atoms with Crippen molar-refractivity contribution < 1.29 is 4.42 Å². The fourth-order valence-corrected chi connectivity index (χ4v) is 2.44. The van der Waals surface area contributed by atoms with E-state index in [9.17, 15) is 0 Å². The maximum Gasteiger partial charge on any atom is 0.122 e. The third-order valence-corrected chi connectivity index (χ3v) is 3.41. The molecular formula is C13H22N2O. The van der Waals surface area contributed by atoms with Crippen LogP contribution >= 0.6 is 0 Å². The summed E-state index contributed by atoms with van der Waals surface area (Å²) in [6.45, 7) is 5.08. The van der Waals surface area contributed by atoms with Crippen LogP contribution in [0.4, 0.5) is 0 Å². The molecule has 2 heterocycles. The predicted molar refractivity (Wildman–Crippen MR) is 65.3 cm³/mol. The van der Waals surface area contributed by atoms with Gasteiger partial charge in [-0.2, -0.15) is 0 Å². The number of aryl methyl sites for hydroxylation is 1. The first-order valence-corrected chi connectivity index (χ1v) is 6.38. The maximum absolute atomic E-state index is 5.88. The third-order valence-electron chi connectivity index (χ3n) is 3.41. The van der Waals surface area contributed by atoms with E-state index in [4.69, 9.17) is 10.2 Å². The van der Waals surface area contributed by atoms with Gasteiger partial charge in [-0.1, -0.05) is 13.3 Å². The molecule has 1 aliphatic heterocycles. The van der Waals surface area contributed by atoms with Crippen molar-refractivity contribution in [1.82, 2.24) is 4.90 Å². The van der Waals surface area contributed by atoms with E-state index in [1.54, 1.807) is 0 Å². The number of furan rings is 1. The second kappa shape index (κ2) is 5.51. The lowest BCUT2D eigenvalue weighted by atomic mass is 10.1. The van der Waals surface area contributed by atoms with E-state index in [2.05, 4.69) is 24.0 Å². The zero-order valence-electron chi connectivity index (χ0n) is 10.1. The molecule has 1 atom stereocenters. The summed E-state index contributed by atoms with van der Waals surface area (Å²) in [5.74, 6) is 2.10. The van der Waals surface area contributed by atoms with Gasteiger partial charge in [-0.05, 0) is 38.1 Å². The minimum absolute atomic E-state index is 0.278. The Bertz CT molecular complexity index is 315. The predicted octanol–water partition coefficient (Wildman–Crippen LogP) is 2.33. The molecule has 1 aromatic rings. The molecule has 0 radical (unpaired) electrons. The monoisotopic (exact) mass is 222 g/mol. The highest BCUT2D eigenvalue weighted by molar-refractivity contribution is 5.11. The van der Waals surface area contributed by atoms with Crippen molar-refractivity contribution in [3.63, 3.8) is 0 Å². The van der Waals surface area contributed by atoms with Crippen LogP contribution in [0.15, 0.2) is 16.5 Å². The van der Waals surface area contributed by atoms with Crippen LogP contribution in [0.1, 0.15) is 43.7 Å². The quantitative estimate of drug-likeness (QED) is 0.850. The number of piperidine rings is 1. The van der Waals surface area contributed by atoms with Crippen molar-refractivity contribution in [2.75, 3.05) is 19.6 Å². The Kier molecular flexibility index (Phi) is 4.02. The van der Waals surface area contributed by atoms with E-state index < -0.39 is 0 Å². The molecule has 0 bridgehead atoms. The standard InChI is InChI=1S/C13H22N2O/c1-2-11-6-7-13(16-11)12(10-14)15-8-4-3-5-9-15/h6-7,12H,2-5,8-10,14H2,1H3. The fraction of sp³-hybridized carbons (Fsp3) is 0.692. The van der Waals surface area contributed by atoms with Crippen LogP contribution in [0.5, 0.6) is 0 Å². The summed E-state index contributed by atoms with van der Waals surface area (Å²) in [6.07, 6.45) is 4.89. The molecule has 16 heavy (non-hydrogen) atoms. The van der Waals surface area contributed by atoms with Gasteiger partial charge >= 0.3 is 0 Å². The van der Waals surface area contributed by atoms with Crippen molar-refractivity contribution in [3.05, 3.63) is 23.7 Å². The molecule has 0 amide bonds. The molecule has 1 aromatic heterocycles. The molecule has 1 fully saturated rings. The molecule has 0 saturated carbocycles. The third kappa shape index (κ3) is 2.47. The molecule has 2 rings (SSSR count). The molecule has 3 nitrogen and oxygen atoms in total. The van der Waals surface area contributed by atoms with Crippen LogP contribution in [-0.2, 0) is 6.42 Å².